The van der Waals surface area contributed by atoms with Crippen LogP contribution in [0.1, 0.15) is 35.5 Å². The number of benzene rings is 2. The van der Waals surface area contributed by atoms with Gasteiger partial charge in [0, 0.05) is 29.7 Å². The molecule has 5 nitrogen and oxygen atoms in total. The third-order valence-electron chi connectivity index (χ3n) is 4.61. The zero-order valence-electron chi connectivity index (χ0n) is 15.5. The van der Waals surface area contributed by atoms with E-state index < -0.39 is 0 Å². The molecule has 2 aromatic carbocycles. The lowest BCUT2D eigenvalue weighted by Crippen LogP contribution is -2.35. The van der Waals surface area contributed by atoms with Crippen LogP contribution in [0.2, 0.25) is 0 Å². The summed E-state index contributed by atoms with van der Waals surface area (Å²) < 4.78 is 11.2. The van der Waals surface area contributed by atoms with E-state index in [9.17, 15) is 4.79 Å². The van der Waals surface area contributed by atoms with E-state index in [1.807, 2.05) is 73.3 Å². The predicted molar refractivity (Wildman–Crippen MR) is 103 cm³/mol. The summed E-state index contributed by atoms with van der Waals surface area (Å²) in [7, 11) is 0. The number of hydrogen-bond acceptors (Lipinski definition) is 4. The molecule has 0 saturated carbocycles. The third kappa shape index (κ3) is 3.58. The van der Waals surface area contributed by atoms with Crippen LogP contribution in [0.15, 0.2) is 59.1 Å². The molecule has 0 fully saturated rings. The van der Waals surface area contributed by atoms with Crippen LogP contribution in [0, 0.1) is 0 Å². The van der Waals surface area contributed by atoms with Crippen LogP contribution in [0.3, 0.4) is 0 Å². The van der Waals surface area contributed by atoms with Crippen LogP contribution in [0.4, 0.5) is 0 Å². The zero-order valence-corrected chi connectivity index (χ0v) is 15.5. The summed E-state index contributed by atoms with van der Waals surface area (Å²) in [6, 6.07) is 17.3. The minimum absolute atomic E-state index is 0.00457. The van der Waals surface area contributed by atoms with E-state index in [1.54, 1.807) is 0 Å². The topological polar surface area (TPSA) is 55.6 Å². The molecule has 0 bridgehead atoms. The summed E-state index contributed by atoms with van der Waals surface area (Å²) >= 11 is 0. The van der Waals surface area contributed by atoms with Crippen molar-refractivity contribution in [3.8, 4) is 17.0 Å². The molecule has 0 saturated heterocycles. The molecule has 0 radical (unpaired) electrons. The van der Waals surface area contributed by atoms with Crippen molar-refractivity contribution < 1.29 is 14.1 Å². The van der Waals surface area contributed by atoms with Crippen LogP contribution in [0.5, 0.6) is 5.75 Å². The van der Waals surface area contributed by atoms with E-state index >= 15 is 0 Å². The summed E-state index contributed by atoms with van der Waals surface area (Å²) in [5, 5.41) is 4.25. The first-order valence-electron chi connectivity index (χ1n) is 9.20. The molecular weight excluding hydrogens is 340 g/mol. The number of carbonyl (C=O) groups excluding carboxylic acids is 1. The largest absolute Gasteiger partial charge is 0.491 e. The van der Waals surface area contributed by atoms with Gasteiger partial charge in [-0.1, -0.05) is 41.6 Å². The first kappa shape index (κ1) is 17.3. The smallest absolute Gasteiger partial charge is 0.254 e. The Morgan fingerprint density at radius 3 is 2.74 bits per heavy atom. The second kappa shape index (κ2) is 7.27. The lowest BCUT2D eigenvalue weighted by Gasteiger charge is -2.26. The first-order valence-corrected chi connectivity index (χ1v) is 9.20. The summed E-state index contributed by atoms with van der Waals surface area (Å²) in [4.78, 5) is 14.9. The van der Waals surface area contributed by atoms with Crippen molar-refractivity contribution in [3.05, 3.63) is 71.5 Å². The highest BCUT2D eigenvalue weighted by molar-refractivity contribution is 5.94. The maximum absolute atomic E-state index is 13.0. The van der Waals surface area contributed by atoms with E-state index in [1.165, 1.54) is 0 Å². The van der Waals surface area contributed by atoms with Gasteiger partial charge in [0.05, 0.1) is 12.6 Å². The third-order valence-corrected chi connectivity index (χ3v) is 4.61. The average Bonchev–Trinajstić information content (AvgIpc) is 3.11. The zero-order chi connectivity index (χ0) is 18.8. The number of aromatic nitrogens is 1. The van der Waals surface area contributed by atoms with E-state index in [0.29, 0.717) is 30.8 Å². The van der Waals surface area contributed by atoms with Crippen LogP contribution < -0.4 is 4.74 Å². The molecule has 1 aliphatic heterocycles. The van der Waals surface area contributed by atoms with Gasteiger partial charge in [0.25, 0.3) is 5.91 Å². The molecule has 0 unspecified atom stereocenters. The number of fused-ring (bicyclic) bond motifs is 1. The second-order valence-electron chi connectivity index (χ2n) is 6.97. The van der Waals surface area contributed by atoms with Gasteiger partial charge >= 0.3 is 0 Å². The van der Waals surface area contributed by atoms with Gasteiger partial charge in [0.2, 0.25) is 0 Å². The van der Waals surface area contributed by atoms with E-state index in [-0.39, 0.29) is 12.0 Å². The van der Waals surface area contributed by atoms with Crippen molar-refractivity contribution in [1.82, 2.24) is 10.1 Å². The molecule has 27 heavy (non-hydrogen) atoms. The van der Waals surface area contributed by atoms with Gasteiger partial charge in [0.1, 0.15) is 17.2 Å². The van der Waals surface area contributed by atoms with Gasteiger partial charge in [-0.15, -0.1) is 0 Å². The number of amides is 1. The second-order valence-corrected chi connectivity index (χ2v) is 6.97. The summed E-state index contributed by atoms with van der Waals surface area (Å²) in [5.41, 5.74) is 3.45. The summed E-state index contributed by atoms with van der Waals surface area (Å²) in [6.07, 6.45) is 0.738. The molecule has 0 N–H and O–H groups in total. The van der Waals surface area contributed by atoms with Crippen LogP contribution in [0.25, 0.3) is 11.3 Å². The van der Waals surface area contributed by atoms with Crippen molar-refractivity contribution in [1.29, 1.82) is 0 Å². The van der Waals surface area contributed by atoms with E-state index in [4.69, 9.17) is 9.26 Å². The van der Waals surface area contributed by atoms with Gasteiger partial charge in [0.15, 0.2) is 0 Å². The Hall–Kier alpha value is -3.08. The molecule has 3 aromatic rings. The summed E-state index contributed by atoms with van der Waals surface area (Å²) in [5.74, 6) is 1.58. The van der Waals surface area contributed by atoms with Crippen molar-refractivity contribution in [3.63, 3.8) is 0 Å². The quantitative estimate of drug-likeness (QED) is 0.693. The van der Waals surface area contributed by atoms with E-state index in [2.05, 4.69) is 5.16 Å². The highest BCUT2D eigenvalue weighted by Crippen LogP contribution is 2.30. The van der Waals surface area contributed by atoms with Gasteiger partial charge in [-0.05, 0) is 32.0 Å². The minimum atomic E-state index is -0.00457. The van der Waals surface area contributed by atoms with Gasteiger partial charge in [-0.25, -0.2) is 0 Å². The van der Waals surface area contributed by atoms with E-state index in [0.717, 1.165) is 22.6 Å². The average molecular weight is 362 g/mol. The Balaban J connectivity index is 1.58. The first-order chi connectivity index (χ1) is 13.1. The molecule has 2 heterocycles. The van der Waals surface area contributed by atoms with Crippen molar-refractivity contribution in [2.24, 2.45) is 0 Å². The number of nitrogens with zero attached hydrogens (tertiary/aromatic N) is 2. The molecule has 4 rings (SSSR count). The molecule has 1 aromatic heterocycles. The number of carbonyl (C=O) groups is 1. The Morgan fingerprint density at radius 2 is 1.96 bits per heavy atom. The molecule has 138 valence electrons. The van der Waals surface area contributed by atoms with Gasteiger partial charge in [-0.3, -0.25) is 4.79 Å². The minimum Gasteiger partial charge on any atom is -0.491 e. The Bertz CT molecular complexity index is 947. The Morgan fingerprint density at radius 1 is 1.15 bits per heavy atom. The molecule has 5 heteroatoms. The molecule has 0 aliphatic carbocycles. The van der Waals surface area contributed by atoms with Crippen molar-refractivity contribution in [2.45, 2.75) is 32.9 Å². The number of hydrogen-bond donors (Lipinski definition) is 0. The SMILES string of the molecule is CC(C)Oc1cccc(C(=O)N2CCc3onc(-c4ccccc4)c3C2)c1. The molecular formula is C22H22N2O3. The number of ether oxygens (including phenoxy) is 1. The lowest BCUT2D eigenvalue weighted by atomic mass is 10.0. The van der Waals surface area contributed by atoms with Gasteiger partial charge < -0.3 is 14.2 Å². The predicted octanol–water partition coefficient (Wildman–Crippen LogP) is 4.33. The maximum atomic E-state index is 13.0. The fourth-order valence-corrected chi connectivity index (χ4v) is 3.36. The molecule has 0 atom stereocenters. The molecule has 1 aliphatic rings. The molecule has 1 amide bonds. The molecule has 0 spiro atoms. The highest BCUT2D eigenvalue weighted by Gasteiger charge is 2.28. The fraction of sp³-hybridized carbons (Fsp3) is 0.273. The van der Waals surface area contributed by atoms with Crippen molar-refractivity contribution in [2.75, 3.05) is 6.54 Å². The highest BCUT2D eigenvalue weighted by atomic mass is 16.5. The maximum Gasteiger partial charge on any atom is 0.254 e. The van der Waals surface area contributed by atoms with Crippen LogP contribution in [-0.4, -0.2) is 28.6 Å². The Kier molecular flexibility index (Phi) is 4.67. The fourth-order valence-electron chi connectivity index (χ4n) is 3.36. The monoisotopic (exact) mass is 362 g/mol. The van der Waals surface area contributed by atoms with Crippen LogP contribution in [-0.2, 0) is 13.0 Å². The normalized spacial score (nSPS) is 13.5. The van der Waals surface area contributed by atoms with Crippen molar-refractivity contribution >= 4 is 5.91 Å². The Labute approximate surface area is 158 Å². The standard InChI is InChI=1S/C22H22N2O3/c1-15(2)26-18-10-6-9-17(13-18)22(25)24-12-11-20-19(14-24)21(23-27-20)16-7-4-3-5-8-16/h3-10,13,15H,11-12,14H2,1-2H3. The lowest BCUT2D eigenvalue weighted by molar-refractivity contribution is 0.0728. The van der Waals surface area contributed by atoms with Crippen LogP contribution >= 0.6 is 0 Å². The van der Waals surface area contributed by atoms with Gasteiger partial charge in [-0.2, -0.15) is 0 Å². The summed E-state index contributed by atoms with van der Waals surface area (Å²) in [6.45, 7) is 5.05. The number of rotatable bonds is 4.